The van der Waals surface area contributed by atoms with E-state index in [9.17, 15) is 0 Å². The van der Waals surface area contributed by atoms with Gasteiger partial charge in [-0.1, -0.05) is 19.1 Å². The third-order valence-electron chi connectivity index (χ3n) is 2.86. The van der Waals surface area contributed by atoms with Crippen molar-refractivity contribution in [1.29, 1.82) is 0 Å². The van der Waals surface area contributed by atoms with Crippen molar-refractivity contribution in [2.24, 2.45) is 0 Å². The number of hydrogen-bond donors (Lipinski definition) is 1. The second-order valence-corrected chi connectivity index (χ2v) is 5.50. The highest BCUT2D eigenvalue weighted by Gasteiger charge is 2.02. The number of benzene rings is 1. The molecule has 1 heterocycles. The molecule has 4 heteroatoms. The highest BCUT2D eigenvalue weighted by atomic mass is 32.1. The summed E-state index contributed by atoms with van der Waals surface area (Å²) in [6, 6.07) is 8.83. The van der Waals surface area contributed by atoms with E-state index in [1.54, 1.807) is 17.5 Å². The zero-order valence-corrected chi connectivity index (χ0v) is 12.2. The van der Waals surface area contributed by atoms with Gasteiger partial charge in [0.25, 0.3) is 0 Å². The van der Waals surface area contributed by atoms with Crippen molar-refractivity contribution >= 4 is 11.3 Å². The summed E-state index contributed by atoms with van der Waals surface area (Å²) in [4.78, 5) is 4.19. The van der Waals surface area contributed by atoms with E-state index in [0.717, 1.165) is 23.7 Å². The zero-order chi connectivity index (χ0) is 13.5. The molecule has 0 saturated carbocycles. The van der Waals surface area contributed by atoms with Crippen LogP contribution in [-0.2, 0) is 13.0 Å². The molecule has 102 valence electrons. The lowest BCUT2D eigenvalue weighted by atomic mass is 10.1. The Bertz CT molecular complexity index is 467. The molecule has 1 unspecified atom stereocenters. The molecule has 19 heavy (non-hydrogen) atoms. The lowest BCUT2D eigenvalue weighted by Crippen LogP contribution is -2.27. The van der Waals surface area contributed by atoms with E-state index in [1.165, 1.54) is 5.56 Å². The van der Waals surface area contributed by atoms with Gasteiger partial charge in [0.05, 0.1) is 0 Å². The molecule has 0 bridgehead atoms. The molecular weight excluding hydrogens is 256 g/mol. The molecule has 0 radical (unpaired) electrons. The summed E-state index contributed by atoms with van der Waals surface area (Å²) in [5.41, 5.74) is 1.33. The molecule has 2 aromatic rings. The van der Waals surface area contributed by atoms with Crippen molar-refractivity contribution < 1.29 is 4.74 Å². The fourth-order valence-electron chi connectivity index (χ4n) is 1.97. The quantitative estimate of drug-likeness (QED) is 0.843. The molecule has 1 atom stereocenters. The molecule has 1 aromatic carbocycles. The Labute approximate surface area is 118 Å². The van der Waals surface area contributed by atoms with Crippen molar-refractivity contribution in [3.05, 3.63) is 46.4 Å². The van der Waals surface area contributed by atoms with E-state index in [0.29, 0.717) is 12.6 Å². The van der Waals surface area contributed by atoms with Crippen LogP contribution < -0.4 is 10.1 Å². The number of aromatic nitrogens is 1. The minimum Gasteiger partial charge on any atom is -0.486 e. The summed E-state index contributed by atoms with van der Waals surface area (Å²) in [6.45, 7) is 5.89. The largest absolute Gasteiger partial charge is 0.486 e. The zero-order valence-electron chi connectivity index (χ0n) is 11.4. The van der Waals surface area contributed by atoms with Gasteiger partial charge in [0.15, 0.2) is 0 Å². The third kappa shape index (κ3) is 4.65. The second kappa shape index (κ2) is 7.26. The van der Waals surface area contributed by atoms with Gasteiger partial charge in [-0.3, -0.25) is 0 Å². The first-order valence-electron chi connectivity index (χ1n) is 6.61. The van der Waals surface area contributed by atoms with Gasteiger partial charge in [-0.25, -0.2) is 4.98 Å². The summed E-state index contributed by atoms with van der Waals surface area (Å²) in [7, 11) is 0. The topological polar surface area (TPSA) is 34.1 Å². The molecule has 0 aliphatic rings. The number of hydrogen-bond acceptors (Lipinski definition) is 4. The van der Waals surface area contributed by atoms with Crippen molar-refractivity contribution in [2.75, 3.05) is 6.54 Å². The van der Waals surface area contributed by atoms with Crippen LogP contribution in [0.4, 0.5) is 0 Å². The Kier molecular flexibility index (Phi) is 5.36. The van der Waals surface area contributed by atoms with Gasteiger partial charge in [0, 0.05) is 17.6 Å². The van der Waals surface area contributed by atoms with Gasteiger partial charge in [0.1, 0.15) is 17.4 Å². The van der Waals surface area contributed by atoms with Crippen LogP contribution in [-0.4, -0.2) is 17.6 Å². The van der Waals surface area contributed by atoms with E-state index in [1.807, 2.05) is 17.5 Å². The van der Waals surface area contributed by atoms with Crippen molar-refractivity contribution in [1.82, 2.24) is 10.3 Å². The van der Waals surface area contributed by atoms with Crippen LogP contribution in [0, 0.1) is 0 Å². The van der Waals surface area contributed by atoms with Crippen molar-refractivity contribution in [3.63, 3.8) is 0 Å². The first-order valence-corrected chi connectivity index (χ1v) is 7.49. The fraction of sp³-hybridized carbons (Fsp3) is 0.400. The molecule has 0 spiro atoms. The van der Waals surface area contributed by atoms with Crippen LogP contribution in [0.2, 0.25) is 0 Å². The Morgan fingerprint density at radius 2 is 2.11 bits per heavy atom. The fourth-order valence-corrected chi connectivity index (χ4v) is 2.49. The maximum absolute atomic E-state index is 5.69. The monoisotopic (exact) mass is 276 g/mol. The van der Waals surface area contributed by atoms with Crippen LogP contribution in [0.1, 0.15) is 24.4 Å². The summed E-state index contributed by atoms with van der Waals surface area (Å²) < 4.78 is 5.69. The first kappa shape index (κ1) is 14.0. The van der Waals surface area contributed by atoms with Gasteiger partial charge in [-0.05, 0) is 37.6 Å². The molecular formula is C15H20N2OS. The number of ether oxygens (including phenoxy) is 1. The third-order valence-corrected chi connectivity index (χ3v) is 3.62. The minimum atomic E-state index is 0.507. The van der Waals surface area contributed by atoms with Crippen LogP contribution >= 0.6 is 11.3 Å². The average molecular weight is 276 g/mol. The van der Waals surface area contributed by atoms with Crippen LogP contribution in [0.25, 0.3) is 0 Å². The summed E-state index contributed by atoms with van der Waals surface area (Å²) >= 11 is 1.61. The van der Waals surface area contributed by atoms with E-state index < -0.39 is 0 Å². The lowest BCUT2D eigenvalue weighted by molar-refractivity contribution is 0.305. The Morgan fingerprint density at radius 1 is 1.32 bits per heavy atom. The van der Waals surface area contributed by atoms with Gasteiger partial charge < -0.3 is 10.1 Å². The molecule has 1 N–H and O–H groups in total. The Hall–Kier alpha value is -1.39. The standard InChI is InChI=1S/C15H20N2OS/c1-3-16-12(2)10-13-4-6-14(7-5-13)18-11-15-17-8-9-19-15/h4-9,12,16H,3,10-11H2,1-2H3. The number of nitrogens with one attached hydrogen (secondary N) is 1. The van der Waals surface area contributed by atoms with E-state index in [2.05, 4.69) is 36.3 Å². The average Bonchev–Trinajstić information content (AvgIpc) is 2.91. The Balaban J connectivity index is 1.84. The predicted molar refractivity (Wildman–Crippen MR) is 79.7 cm³/mol. The SMILES string of the molecule is CCNC(C)Cc1ccc(OCc2nccs2)cc1. The smallest absolute Gasteiger partial charge is 0.140 e. The molecule has 2 rings (SSSR count). The normalized spacial score (nSPS) is 12.3. The van der Waals surface area contributed by atoms with E-state index in [-0.39, 0.29) is 0 Å². The Morgan fingerprint density at radius 3 is 2.74 bits per heavy atom. The molecule has 0 aliphatic heterocycles. The number of rotatable bonds is 7. The van der Waals surface area contributed by atoms with Gasteiger partial charge in [-0.2, -0.15) is 0 Å². The number of nitrogens with zero attached hydrogens (tertiary/aromatic N) is 1. The predicted octanol–water partition coefficient (Wildman–Crippen LogP) is 3.26. The lowest BCUT2D eigenvalue weighted by Gasteiger charge is -2.12. The number of likely N-dealkylation sites (N-methyl/N-ethyl adjacent to an activating group) is 1. The molecule has 0 fully saturated rings. The second-order valence-electron chi connectivity index (χ2n) is 4.52. The maximum Gasteiger partial charge on any atom is 0.140 e. The summed E-state index contributed by atoms with van der Waals surface area (Å²) in [5, 5.41) is 6.38. The summed E-state index contributed by atoms with van der Waals surface area (Å²) in [6.07, 6.45) is 2.84. The van der Waals surface area contributed by atoms with Gasteiger partial charge in [-0.15, -0.1) is 11.3 Å². The van der Waals surface area contributed by atoms with Crippen LogP contribution in [0.5, 0.6) is 5.75 Å². The molecule has 0 saturated heterocycles. The molecule has 0 aliphatic carbocycles. The number of thiazole rings is 1. The highest BCUT2D eigenvalue weighted by molar-refractivity contribution is 7.09. The van der Waals surface area contributed by atoms with Crippen molar-refractivity contribution in [3.8, 4) is 5.75 Å². The minimum absolute atomic E-state index is 0.507. The van der Waals surface area contributed by atoms with Crippen molar-refractivity contribution in [2.45, 2.75) is 32.9 Å². The molecule has 0 amide bonds. The van der Waals surface area contributed by atoms with Gasteiger partial charge >= 0.3 is 0 Å². The van der Waals surface area contributed by atoms with E-state index in [4.69, 9.17) is 4.74 Å². The van der Waals surface area contributed by atoms with Crippen LogP contribution in [0.3, 0.4) is 0 Å². The first-order chi connectivity index (χ1) is 9.28. The van der Waals surface area contributed by atoms with Crippen LogP contribution in [0.15, 0.2) is 35.8 Å². The molecule has 3 nitrogen and oxygen atoms in total. The molecule has 1 aromatic heterocycles. The van der Waals surface area contributed by atoms with Gasteiger partial charge in [0.2, 0.25) is 0 Å². The highest BCUT2D eigenvalue weighted by Crippen LogP contribution is 2.16. The maximum atomic E-state index is 5.69. The summed E-state index contributed by atoms with van der Waals surface area (Å²) in [5.74, 6) is 0.898. The van der Waals surface area contributed by atoms with E-state index >= 15 is 0 Å².